The number of hydrogen-bond donors (Lipinski definition) is 1. The number of halogens is 3. The highest BCUT2D eigenvalue weighted by Crippen LogP contribution is 2.33. The van der Waals surface area contributed by atoms with E-state index in [4.69, 9.17) is 4.74 Å². The smallest absolute Gasteiger partial charge is 0.416 e. The number of ether oxygens (including phenoxy) is 1. The predicted molar refractivity (Wildman–Crippen MR) is 109 cm³/mol. The number of rotatable bonds is 6. The molecule has 1 heterocycles. The number of anilines is 1. The quantitative estimate of drug-likeness (QED) is 0.592. The van der Waals surface area contributed by atoms with Gasteiger partial charge in [0.2, 0.25) is 5.91 Å². The maximum Gasteiger partial charge on any atom is 0.416 e. The van der Waals surface area contributed by atoms with Crippen molar-refractivity contribution in [1.82, 2.24) is 14.8 Å². The molecule has 0 spiro atoms. The molecule has 1 amide bonds. The Labute approximate surface area is 177 Å². The average Bonchev–Trinajstić information content (AvgIpc) is 3.11. The standard InChI is InChI=1S/C22H21F3N4O2/c1-2-31-21-27-19(15-7-4-8-16(13-15)22(23,24)25)29(28-21)18-11-9-17(10-12-18)26-20(30)14-5-3-6-14/h4,7-14H,2-3,5-6H2,1H3,(H,26,30). The molecule has 6 nitrogen and oxygen atoms in total. The zero-order valence-corrected chi connectivity index (χ0v) is 16.8. The van der Waals surface area contributed by atoms with Crippen LogP contribution in [0.1, 0.15) is 31.7 Å². The molecular weight excluding hydrogens is 409 g/mol. The van der Waals surface area contributed by atoms with Crippen molar-refractivity contribution in [2.45, 2.75) is 32.4 Å². The number of benzene rings is 2. The third kappa shape index (κ3) is 4.55. The van der Waals surface area contributed by atoms with E-state index in [0.717, 1.165) is 31.4 Å². The van der Waals surface area contributed by atoms with Gasteiger partial charge in [-0.1, -0.05) is 18.6 Å². The molecule has 0 saturated heterocycles. The number of alkyl halides is 3. The third-order valence-electron chi connectivity index (χ3n) is 5.16. The first kappa shape index (κ1) is 20.9. The fourth-order valence-corrected chi connectivity index (χ4v) is 3.29. The molecule has 0 aliphatic heterocycles. The van der Waals surface area contributed by atoms with E-state index in [0.29, 0.717) is 18.0 Å². The van der Waals surface area contributed by atoms with Gasteiger partial charge in [-0.3, -0.25) is 4.79 Å². The fraction of sp³-hybridized carbons (Fsp3) is 0.318. The van der Waals surface area contributed by atoms with E-state index in [9.17, 15) is 18.0 Å². The van der Waals surface area contributed by atoms with Crippen LogP contribution in [0.5, 0.6) is 6.01 Å². The van der Waals surface area contributed by atoms with E-state index in [1.54, 1.807) is 37.3 Å². The minimum Gasteiger partial charge on any atom is -0.463 e. The Balaban J connectivity index is 1.66. The summed E-state index contributed by atoms with van der Waals surface area (Å²) in [4.78, 5) is 16.4. The van der Waals surface area contributed by atoms with Crippen molar-refractivity contribution in [3.8, 4) is 23.1 Å². The summed E-state index contributed by atoms with van der Waals surface area (Å²) in [6.45, 7) is 2.09. The van der Waals surface area contributed by atoms with Gasteiger partial charge in [0.25, 0.3) is 0 Å². The van der Waals surface area contributed by atoms with Crippen LogP contribution in [0.15, 0.2) is 48.5 Å². The van der Waals surface area contributed by atoms with Gasteiger partial charge in [-0.05, 0) is 56.2 Å². The minimum absolute atomic E-state index is 0.00282. The van der Waals surface area contributed by atoms with Crippen molar-refractivity contribution in [3.63, 3.8) is 0 Å². The average molecular weight is 430 g/mol. The van der Waals surface area contributed by atoms with Crippen LogP contribution in [0.25, 0.3) is 17.1 Å². The molecule has 1 saturated carbocycles. The molecule has 3 aromatic rings. The Morgan fingerprint density at radius 3 is 2.55 bits per heavy atom. The van der Waals surface area contributed by atoms with Crippen molar-refractivity contribution >= 4 is 11.6 Å². The molecular formula is C22H21F3N4O2. The van der Waals surface area contributed by atoms with Crippen LogP contribution >= 0.6 is 0 Å². The van der Waals surface area contributed by atoms with Gasteiger partial charge < -0.3 is 10.1 Å². The van der Waals surface area contributed by atoms with Gasteiger partial charge in [0, 0.05) is 17.2 Å². The number of carbonyl (C=O) groups is 1. The van der Waals surface area contributed by atoms with Gasteiger partial charge in [-0.2, -0.15) is 18.2 Å². The van der Waals surface area contributed by atoms with Crippen molar-refractivity contribution in [3.05, 3.63) is 54.1 Å². The Hall–Kier alpha value is -3.36. The molecule has 0 atom stereocenters. The lowest BCUT2D eigenvalue weighted by atomic mass is 9.85. The van der Waals surface area contributed by atoms with E-state index < -0.39 is 11.7 Å². The maximum atomic E-state index is 13.2. The summed E-state index contributed by atoms with van der Waals surface area (Å²) in [7, 11) is 0. The topological polar surface area (TPSA) is 69.0 Å². The van der Waals surface area contributed by atoms with E-state index in [2.05, 4.69) is 15.4 Å². The highest BCUT2D eigenvalue weighted by atomic mass is 19.4. The van der Waals surface area contributed by atoms with Crippen LogP contribution in [0, 0.1) is 5.92 Å². The van der Waals surface area contributed by atoms with E-state index in [1.807, 2.05) is 0 Å². The number of nitrogens with one attached hydrogen (secondary N) is 1. The first-order chi connectivity index (χ1) is 14.8. The molecule has 2 aromatic carbocycles. The number of nitrogens with zero attached hydrogens (tertiary/aromatic N) is 3. The number of carbonyl (C=O) groups excluding carboxylic acids is 1. The SMILES string of the molecule is CCOc1nc(-c2cccc(C(F)(F)F)c2)n(-c2ccc(NC(=O)C3CCC3)cc2)n1. The molecule has 162 valence electrons. The monoisotopic (exact) mass is 430 g/mol. The van der Waals surface area contributed by atoms with Gasteiger partial charge >= 0.3 is 12.2 Å². The number of hydrogen-bond acceptors (Lipinski definition) is 4. The molecule has 1 aromatic heterocycles. The maximum absolute atomic E-state index is 13.2. The van der Waals surface area contributed by atoms with E-state index >= 15 is 0 Å². The predicted octanol–water partition coefficient (Wildman–Crippen LogP) is 5.09. The number of aromatic nitrogens is 3. The van der Waals surface area contributed by atoms with Gasteiger partial charge in [0.15, 0.2) is 5.82 Å². The van der Waals surface area contributed by atoms with Crippen molar-refractivity contribution < 1.29 is 22.7 Å². The lowest BCUT2D eigenvalue weighted by molar-refractivity contribution is -0.137. The summed E-state index contributed by atoms with van der Waals surface area (Å²) < 4.78 is 46.3. The van der Waals surface area contributed by atoms with Crippen LogP contribution in [0.2, 0.25) is 0 Å². The van der Waals surface area contributed by atoms with Gasteiger partial charge in [0.1, 0.15) is 0 Å². The highest BCUT2D eigenvalue weighted by Gasteiger charge is 2.31. The Kier molecular flexibility index (Phi) is 5.67. The molecule has 0 bridgehead atoms. The number of amides is 1. The zero-order chi connectivity index (χ0) is 22.0. The summed E-state index contributed by atoms with van der Waals surface area (Å²) in [5.74, 6) is 0.292. The second-order valence-electron chi connectivity index (χ2n) is 7.31. The Morgan fingerprint density at radius 2 is 1.94 bits per heavy atom. The van der Waals surface area contributed by atoms with Crippen molar-refractivity contribution in [1.29, 1.82) is 0 Å². The third-order valence-corrected chi connectivity index (χ3v) is 5.16. The fourth-order valence-electron chi connectivity index (χ4n) is 3.29. The summed E-state index contributed by atoms with van der Waals surface area (Å²) in [6, 6.07) is 11.9. The molecule has 9 heteroatoms. The molecule has 1 aliphatic carbocycles. The van der Waals surface area contributed by atoms with Crippen LogP contribution in [-0.4, -0.2) is 27.3 Å². The van der Waals surface area contributed by atoms with Crippen LogP contribution in [0.4, 0.5) is 18.9 Å². The zero-order valence-electron chi connectivity index (χ0n) is 16.8. The lowest BCUT2D eigenvalue weighted by Gasteiger charge is -2.24. The van der Waals surface area contributed by atoms with Gasteiger partial charge in [-0.15, -0.1) is 5.10 Å². The second-order valence-corrected chi connectivity index (χ2v) is 7.31. The molecule has 0 unspecified atom stereocenters. The van der Waals surface area contributed by atoms with Crippen LogP contribution < -0.4 is 10.1 Å². The molecule has 4 rings (SSSR count). The first-order valence-electron chi connectivity index (χ1n) is 10.0. The summed E-state index contributed by atoms with van der Waals surface area (Å²) >= 11 is 0. The lowest BCUT2D eigenvalue weighted by Crippen LogP contribution is -2.27. The van der Waals surface area contributed by atoms with E-state index in [1.165, 1.54) is 10.7 Å². The Morgan fingerprint density at radius 1 is 1.19 bits per heavy atom. The van der Waals surface area contributed by atoms with Crippen LogP contribution in [-0.2, 0) is 11.0 Å². The molecule has 1 aliphatic rings. The minimum atomic E-state index is -4.47. The van der Waals surface area contributed by atoms with Crippen molar-refractivity contribution in [2.24, 2.45) is 5.92 Å². The van der Waals surface area contributed by atoms with Crippen LogP contribution in [0.3, 0.4) is 0 Å². The summed E-state index contributed by atoms with van der Waals surface area (Å²) in [6.07, 6.45) is -1.58. The molecule has 1 fully saturated rings. The second kappa shape index (κ2) is 8.41. The largest absolute Gasteiger partial charge is 0.463 e. The Bertz CT molecular complexity index is 1070. The molecule has 1 N–H and O–H groups in total. The molecule has 31 heavy (non-hydrogen) atoms. The normalized spacial score (nSPS) is 14.2. The summed E-state index contributed by atoms with van der Waals surface area (Å²) in [5.41, 5.74) is 0.709. The molecule has 0 radical (unpaired) electrons. The van der Waals surface area contributed by atoms with E-state index in [-0.39, 0.29) is 29.2 Å². The highest BCUT2D eigenvalue weighted by molar-refractivity contribution is 5.93. The first-order valence-corrected chi connectivity index (χ1v) is 10.0. The van der Waals surface area contributed by atoms with Crippen molar-refractivity contribution in [2.75, 3.05) is 11.9 Å². The summed E-state index contributed by atoms with van der Waals surface area (Å²) in [5, 5.41) is 7.18. The van der Waals surface area contributed by atoms with Gasteiger partial charge in [-0.25, -0.2) is 4.68 Å². The van der Waals surface area contributed by atoms with Gasteiger partial charge in [0.05, 0.1) is 17.9 Å².